The Labute approximate surface area is 164 Å². The number of nitrogens with one attached hydrogen (secondary N) is 2. The van der Waals surface area contributed by atoms with Crippen molar-refractivity contribution in [2.24, 2.45) is 5.92 Å². The summed E-state index contributed by atoms with van der Waals surface area (Å²) in [6.45, 7) is 6.57. The Kier molecular flexibility index (Phi) is 6.16. The Hall–Kier alpha value is -2.34. The van der Waals surface area contributed by atoms with Crippen molar-refractivity contribution in [2.75, 3.05) is 17.2 Å². The number of ether oxygens (including phenoxy) is 1. The largest absolute Gasteiger partial charge is 0.494 e. The summed E-state index contributed by atoms with van der Waals surface area (Å²) in [5, 5.41) is 6.56. The average molecular weight is 387 g/mol. The van der Waals surface area contributed by atoms with E-state index in [2.05, 4.69) is 17.6 Å². The fourth-order valence-corrected chi connectivity index (χ4v) is 4.71. The number of carbonyl (C=O) groups excluding carboxylic acids is 2. The van der Waals surface area contributed by atoms with Crippen molar-refractivity contribution in [3.05, 3.63) is 40.3 Å². The molecule has 1 heterocycles. The van der Waals surface area contributed by atoms with Crippen molar-refractivity contribution in [3.8, 4) is 5.75 Å². The van der Waals surface area contributed by atoms with Crippen LogP contribution in [-0.2, 0) is 17.6 Å². The van der Waals surface area contributed by atoms with E-state index in [-0.39, 0.29) is 11.8 Å². The highest BCUT2D eigenvalue weighted by Crippen LogP contribution is 2.40. The highest BCUT2D eigenvalue weighted by Gasteiger charge is 2.28. The van der Waals surface area contributed by atoms with Crippen LogP contribution in [0.4, 0.5) is 10.7 Å². The standard InChI is InChI=1S/C21H26N2O3S/c1-4-18(24)23-21-19(16-11-6-13(3)12-17(16)27-21)20(25)22-14-7-9-15(10-8-14)26-5-2/h7-10,13H,4-6,11-12H2,1-3H3,(H,22,25)(H,23,24). The zero-order valence-corrected chi connectivity index (χ0v) is 16.9. The Morgan fingerprint density at radius 3 is 2.59 bits per heavy atom. The number of amides is 2. The Balaban J connectivity index is 1.86. The Bertz CT molecular complexity index is 827. The first-order chi connectivity index (χ1) is 13.0. The van der Waals surface area contributed by atoms with Gasteiger partial charge in [-0.25, -0.2) is 0 Å². The molecule has 0 saturated heterocycles. The monoisotopic (exact) mass is 386 g/mol. The van der Waals surface area contributed by atoms with E-state index in [1.54, 1.807) is 11.3 Å². The van der Waals surface area contributed by atoms with Gasteiger partial charge in [0.2, 0.25) is 5.91 Å². The molecule has 0 radical (unpaired) electrons. The number of rotatable bonds is 6. The van der Waals surface area contributed by atoms with Crippen LogP contribution in [-0.4, -0.2) is 18.4 Å². The minimum atomic E-state index is -0.169. The number of benzene rings is 1. The molecule has 27 heavy (non-hydrogen) atoms. The second-order valence-corrected chi connectivity index (χ2v) is 7.97. The molecule has 1 aromatic carbocycles. The van der Waals surface area contributed by atoms with Gasteiger partial charge >= 0.3 is 0 Å². The van der Waals surface area contributed by atoms with E-state index in [1.165, 1.54) is 4.88 Å². The first-order valence-electron chi connectivity index (χ1n) is 9.50. The van der Waals surface area contributed by atoms with Crippen LogP contribution in [0, 0.1) is 5.92 Å². The molecule has 1 unspecified atom stereocenters. The summed E-state index contributed by atoms with van der Waals surface area (Å²) in [7, 11) is 0. The molecule has 2 aromatic rings. The van der Waals surface area contributed by atoms with E-state index >= 15 is 0 Å². The van der Waals surface area contributed by atoms with Crippen molar-refractivity contribution in [1.29, 1.82) is 0 Å². The molecular weight excluding hydrogens is 360 g/mol. The number of anilines is 2. The molecule has 1 aliphatic rings. The molecule has 6 heteroatoms. The zero-order chi connectivity index (χ0) is 19.4. The summed E-state index contributed by atoms with van der Waals surface area (Å²) >= 11 is 1.54. The molecule has 144 valence electrons. The lowest BCUT2D eigenvalue weighted by Gasteiger charge is -2.18. The number of thiophene rings is 1. The second-order valence-electron chi connectivity index (χ2n) is 6.87. The lowest BCUT2D eigenvalue weighted by Crippen LogP contribution is -2.19. The topological polar surface area (TPSA) is 67.4 Å². The minimum absolute atomic E-state index is 0.0724. The Morgan fingerprint density at radius 2 is 1.93 bits per heavy atom. The summed E-state index contributed by atoms with van der Waals surface area (Å²) in [6, 6.07) is 7.33. The van der Waals surface area contributed by atoms with Gasteiger partial charge in [-0.15, -0.1) is 11.3 Å². The van der Waals surface area contributed by atoms with E-state index < -0.39 is 0 Å². The smallest absolute Gasteiger partial charge is 0.258 e. The summed E-state index contributed by atoms with van der Waals surface area (Å²) in [6.07, 6.45) is 3.29. The van der Waals surface area contributed by atoms with Crippen LogP contribution >= 0.6 is 11.3 Å². The first kappa shape index (κ1) is 19.4. The van der Waals surface area contributed by atoms with Crippen molar-refractivity contribution < 1.29 is 14.3 Å². The third-order valence-corrected chi connectivity index (χ3v) is 5.91. The van der Waals surface area contributed by atoms with Gasteiger partial charge in [0.25, 0.3) is 5.91 Å². The summed E-state index contributed by atoms with van der Waals surface area (Å²) in [4.78, 5) is 26.2. The van der Waals surface area contributed by atoms with E-state index in [0.29, 0.717) is 35.2 Å². The van der Waals surface area contributed by atoms with Gasteiger partial charge in [0.1, 0.15) is 10.8 Å². The number of carbonyl (C=O) groups is 2. The van der Waals surface area contributed by atoms with Crippen LogP contribution in [0.2, 0.25) is 0 Å². The van der Waals surface area contributed by atoms with Crippen LogP contribution in [0.15, 0.2) is 24.3 Å². The molecule has 3 rings (SSSR count). The van der Waals surface area contributed by atoms with E-state index in [0.717, 1.165) is 30.6 Å². The van der Waals surface area contributed by atoms with Crippen LogP contribution in [0.25, 0.3) is 0 Å². The van der Waals surface area contributed by atoms with Crippen LogP contribution in [0.3, 0.4) is 0 Å². The Morgan fingerprint density at radius 1 is 1.19 bits per heavy atom. The van der Waals surface area contributed by atoms with Crippen molar-refractivity contribution >= 4 is 33.8 Å². The second kappa shape index (κ2) is 8.57. The quantitative estimate of drug-likeness (QED) is 0.744. The van der Waals surface area contributed by atoms with Gasteiger partial charge in [0, 0.05) is 17.0 Å². The third-order valence-electron chi connectivity index (χ3n) is 4.74. The lowest BCUT2D eigenvalue weighted by molar-refractivity contribution is -0.115. The van der Waals surface area contributed by atoms with E-state index in [4.69, 9.17) is 4.74 Å². The molecule has 2 N–H and O–H groups in total. The molecule has 2 amide bonds. The molecule has 5 nitrogen and oxygen atoms in total. The third kappa shape index (κ3) is 4.50. The number of hydrogen-bond acceptors (Lipinski definition) is 4. The normalized spacial score (nSPS) is 15.7. The minimum Gasteiger partial charge on any atom is -0.494 e. The van der Waals surface area contributed by atoms with Gasteiger partial charge in [0.15, 0.2) is 0 Å². The van der Waals surface area contributed by atoms with Gasteiger partial charge in [-0.2, -0.15) is 0 Å². The van der Waals surface area contributed by atoms with Gasteiger partial charge in [0.05, 0.1) is 12.2 Å². The maximum absolute atomic E-state index is 13.0. The number of hydrogen-bond donors (Lipinski definition) is 2. The lowest BCUT2D eigenvalue weighted by atomic mass is 9.88. The zero-order valence-electron chi connectivity index (χ0n) is 16.1. The summed E-state index contributed by atoms with van der Waals surface area (Å²) < 4.78 is 5.44. The summed E-state index contributed by atoms with van der Waals surface area (Å²) in [5.74, 6) is 1.13. The highest BCUT2D eigenvalue weighted by molar-refractivity contribution is 7.17. The molecule has 0 spiro atoms. The molecule has 1 atom stereocenters. The maximum atomic E-state index is 13.0. The van der Waals surface area contributed by atoms with Crippen LogP contribution in [0.1, 0.15) is 54.4 Å². The van der Waals surface area contributed by atoms with Crippen molar-refractivity contribution in [3.63, 3.8) is 0 Å². The fourth-order valence-electron chi connectivity index (χ4n) is 3.29. The molecule has 1 aromatic heterocycles. The molecular formula is C21H26N2O3S. The van der Waals surface area contributed by atoms with Gasteiger partial charge < -0.3 is 15.4 Å². The van der Waals surface area contributed by atoms with Crippen LogP contribution < -0.4 is 15.4 Å². The summed E-state index contributed by atoms with van der Waals surface area (Å²) in [5.41, 5.74) is 2.42. The average Bonchev–Trinajstić information content (AvgIpc) is 3.00. The molecule has 0 aliphatic heterocycles. The fraction of sp³-hybridized carbons (Fsp3) is 0.429. The van der Waals surface area contributed by atoms with Gasteiger partial charge in [-0.1, -0.05) is 13.8 Å². The van der Waals surface area contributed by atoms with E-state index in [1.807, 2.05) is 38.1 Å². The first-order valence-corrected chi connectivity index (χ1v) is 10.3. The van der Waals surface area contributed by atoms with Crippen molar-refractivity contribution in [1.82, 2.24) is 0 Å². The molecule has 0 fully saturated rings. The molecule has 1 aliphatic carbocycles. The van der Waals surface area contributed by atoms with Crippen LogP contribution in [0.5, 0.6) is 5.75 Å². The maximum Gasteiger partial charge on any atom is 0.258 e. The van der Waals surface area contributed by atoms with Gasteiger partial charge in [-0.05, 0) is 61.9 Å². The molecule has 0 saturated carbocycles. The predicted octanol–water partition coefficient (Wildman–Crippen LogP) is 4.87. The highest BCUT2D eigenvalue weighted by atomic mass is 32.1. The number of fused-ring (bicyclic) bond motifs is 1. The molecule has 0 bridgehead atoms. The predicted molar refractivity (Wildman–Crippen MR) is 110 cm³/mol. The van der Waals surface area contributed by atoms with E-state index in [9.17, 15) is 9.59 Å². The van der Waals surface area contributed by atoms with Crippen molar-refractivity contribution in [2.45, 2.75) is 46.5 Å². The SMILES string of the molecule is CCOc1ccc(NC(=O)c2c(NC(=O)CC)sc3c2CCC(C)C3)cc1. The van der Waals surface area contributed by atoms with Gasteiger partial charge in [-0.3, -0.25) is 9.59 Å².